The van der Waals surface area contributed by atoms with Crippen molar-refractivity contribution in [1.29, 1.82) is 5.26 Å². The predicted octanol–water partition coefficient (Wildman–Crippen LogP) is 4.36. The Balaban J connectivity index is -0.0000000765. The lowest BCUT2D eigenvalue weighted by atomic mass is 10.4. The molecule has 0 rings (SSSR count). The number of allylic oxidation sites excluding steroid dienone is 1. The third-order valence-corrected chi connectivity index (χ3v) is 1.25. The number of ether oxygens (including phenoxy) is 2. The lowest BCUT2D eigenvalue weighted by Crippen LogP contribution is -1.98. The molecule has 1 N–H and O–H groups in total. The molecule has 7 nitrogen and oxygen atoms in total. The van der Waals surface area contributed by atoms with Crippen LogP contribution < -0.4 is 0 Å². The van der Waals surface area contributed by atoms with E-state index in [0.29, 0.717) is 12.2 Å². The van der Waals surface area contributed by atoms with E-state index >= 15 is 0 Å². The molecule has 0 saturated carbocycles. The molecule has 0 bridgehead atoms. The number of hydrogen-bond donors (Lipinski definition) is 1. The highest BCUT2D eigenvalue weighted by Gasteiger charge is 1.95. The fourth-order valence-corrected chi connectivity index (χ4v) is 0.375. The van der Waals surface area contributed by atoms with Crippen LogP contribution in [0, 0.1) is 11.3 Å². The minimum Gasteiger partial charge on any atom is -0.478 e. The van der Waals surface area contributed by atoms with Gasteiger partial charge in [0.25, 0.3) is 0 Å². The Morgan fingerprint density at radius 2 is 1.48 bits per heavy atom. The molecular formula is C18H25Cl2NO6. The Bertz CT molecular complexity index is 530. The molecule has 0 aromatic carbocycles. The van der Waals surface area contributed by atoms with Crippen molar-refractivity contribution in [3.8, 4) is 6.07 Å². The molecule has 0 saturated heterocycles. The van der Waals surface area contributed by atoms with Gasteiger partial charge in [-0.05, 0) is 13.8 Å². The van der Waals surface area contributed by atoms with Crippen LogP contribution in [0.1, 0.15) is 13.8 Å². The van der Waals surface area contributed by atoms with Crippen molar-refractivity contribution in [1.82, 2.24) is 0 Å². The lowest BCUT2D eigenvalue weighted by molar-refractivity contribution is -0.137. The number of carbonyl (C=O) groups excluding carboxylic acids is 2. The van der Waals surface area contributed by atoms with Crippen LogP contribution in [0.4, 0.5) is 0 Å². The molecule has 0 amide bonds. The Labute approximate surface area is 170 Å². The summed E-state index contributed by atoms with van der Waals surface area (Å²) in [4.78, 5) is 29.5. The van der Waals surface area contributed by atoms with Crippen LogP contribution in [0.3, 0.4) is 0 Å². The first-order valence-corrected chi connectivity index (χ1v) is 7.55. The van der Waals surface area contributed by atoms with Crippen molar-refractivity contribution in [3.05, 3.63) is 61.2 Å². The standard InChI is InChI=1S/2C5H8O2.C3H3N.C3H4O2.C2H2Cl2/c1-4(2)5(6)7-3;1-3-5(6)7-4-2;1-2-3-4;1-2-3(4)5;1-2(3)4/h1H2,2-3H3;3H,1,4H2,2H3;2H,1H2;2H,1H2,(H,4,5);1H2. The van der Waals surface area contributed by atoms with E-state index in [-0.39, 0.29) is 16.4 Å². The van der Waals surface area contributed by atoms with Gasteiger partial charge in [-0.25, -0.2) is 14.4 Å². The van der Waals surface area contributed by atoms with Gasteiger partial charge in [-0.1, -0.05) is 56.1 Å². The van der Waals surface area contributed by atoms with Crippen LogP contribution in [0.5, 0.6) is 0 Å². The van der Waals surface area contributed by atoms with Crippen LogP contribution >= 0.6 is 23.2 Å². The van der Waals surface area contributed by atoms with Gasteiger partial charge in [0.15, 0.2) is 0 Å². The Morgan fingerprint density at radius 3 is 1.52 bits per heavy atom. The number of aliphatic carboxylic acids is 1. The summed E-state index contributed by atoms with van der Waals surface area (Å²) < 4.78 is 8.82. The second-order valence-electron chi connectivity index (χ2n) is 3.44. The quantitative estimate of drug-likeness (QED) is 0.407. The van der Waals surface area contributed by atoms with E-state index in [4.69, 9.17) is 33.6 Å². The summed E-state index contributed by atoms with van der Waals surface area (Å²) in [6, 6.07) is 1.69. The average Bonchev–Trinajstić information content (AvgIpc) is 2.61. The van der Waals surface area contributed by atoms with Gasteiger partial charge in [-0.2, -0.15) is 5.26 Å². The fourth-order valence-electron chi connectivity index (χ4n) is 0.375. The summed E-state index contributed by atoms with van der Waals surface area (Å²) in [5.41, 5.74) is 0.433. The van der Waals surface area contributed by atoms with Gasteiger partial charge in [-0.3, -0.25) is 0 Å². The highest BCUT2D eigenvalue weighted by atomic mass is 35.5. The fraction of sp³-hybridized carbons (Fsp3) is 0.222. The highest BCUT2D eigenvalue weighted by molar-refractivity contribution is 6.55. The van der Waals surface area contributed by atoms with E-state index in [1.54, 1.807) is 19.9 Å². The molecule has 0 atom stereocenters. The zero-order valence-electron chi connectivity index (χ0n) is 15.7. The first-order valence-electron chi connectivity index (χ1n) is 6.80. The molecule has 0 fully saturated rings. The maximum atomic E-state index is 10.2. The highest BCUT2D eigenvalue weighted by Crippen LogP contribution is 1.98. The first kappa shape index (κ1) is 35.3. The molecule has 0 radical (unpaired) electrons. The van der Waals surface area contributed by atoms with Crippen molar-refractivity contribution in [2.45, 2.75) is 13.8 Å². The maximum absolute atomic E-state index is 10.2. The number of hydrogen-bond acceptors (Lipinski definition) is 6. The van der Waals surface area contributed by atoms with E-state index < -0.39 is 5.97 Å². The smallest absolute Gasteiger partial charge is 0.332 e. The average molecular weight is 422 g/mol. The molecule has 0 aliphatic heterocycles. The van der Waals surface area contributed by atoms with Gasteiger partial charge in [-0.15, -0.1) is 0 Å². The molecule has 0 aliphatic rings. The monoisotopic (exact) mass is 421 g/mol. The molecule has 0 aliphatic carbocycles. The summed E-state index contributed by atoms with van der Waals surface area (Å²) in [5.74, 6) is -1.69. The minimum absolute atomic E-state index is 0.111. The lowest BCUT2D eigenvalue weighted by Gasteiger charge is -1.91. The van der Waals surface area contributed by atoms with Crippen LogP contribution in [0.2, 0.25) is 0 Å². The van der Waals surface area contributed by atoms with E-state index in [0.717, 1.165) is 12.2 Å². The van der Waals surface area contributed by atoms with Gasteiger partial charge in [0.05, 0.1) is 24.3 Å². The van der Waals surface area contributed by atoms with Crippen LogP contribution in [-0.2, 0) is 23.9 Å². The van der Waals surface area contributed by atoms with Crippen LogP contribution in [-0.4, -0.2) is 36.7 Å². The van der Waals surface area contributed by atoms with E-state index in [1.807, 2.05) is 0 Å². The topological polar surface area (TPSA) is 114 Å². The van der Waals surface area contributed by atoms with Gasteiger partial charge >= 0.3 is 17.9 Å². The number of carboxylic acid groups (broad SMARTS) is 1. The summed E-state index contributed by atoms with van der Waals surface area (Å²) in [6.45, 7) is 19.5. The van der Waals surface area contributed by atoms with Gasteiger partial charge in [0.2, 0.25) is 0 Å². The third kappa shape index (κ3) is 83.2. The number of halogens is 2. The number of nitriles is 1. The number of methoxy groups -OCH3 is 1. The molecule has 0 aromatic rings. The number of esters is 2. The largest absolute Gasteiger partial charge is 0.478 e. The van der Waals surface area contributed by atoms with E-state index in [2.05, 4.69) is 42.4 Å². The number of carbonyl (C=O) groups is 3. The number of carboxylic acids is 1. The van der Waals surface area contributed by atoms with Gasteiger partial charge in [0.1, 0.15) is 0 Å². The molecule has 0 heterocycles. The molecule has 0 spiro atoms. The van der Waals surface area contributed by atoms with Gasteiger partial charge in [0, 0.05) is 23.8 Å². The summed E-state index contributed by atoms with van der Waals surface area (Å²) in [7, 11) is 1.33. The number of nitrogens with zero attached hydrogens (tertiary/aromatic N) is 1. The van der Waals surface area contributed by atoms with E-state index in [9.17, 15) is 14.4 Å². The normalized spacial score (nSPS) is 6.67. The summed E-state index contributed by atoms with van der Waals surface area (Å²) >= 11 is 9.69. The SMILES string of the molecule is C=C(C)C(=O)OC.C=C(Cl)Cl.C=CC#N.C=CC(=O)O.C=CC(=O)OCC. The van der Waals surface area contributed by atoms with Crippen molar-refractivity contribution >= 4 is 41.1 Å². The molecule has 9 heteroatoms. The molecule has 0 unspecified atom stereocenters. The molecule has 152 valence electrons. The summed E-state index contributed by atoms with van der Waals surface area (Å²) in [6.07, 6.45) is 3.16. The Kier molecular flexibility index (Phi) is 40.5. The Hall–Kier alpha value is -2.82. The molecule has 27 heavy (non-hydrogen) atoms. The second-order valence-corrected chi connectivity index (χ2v) is 4.55. The van der Waals surface area contributed by atoms with Crippen molar-refractivity contribution in [2.24, 2.45) is 0 Å². The minimum atomic E-state index is -0.981. The third-order valence-electron chi connectivity index (χ3n) is 1.25. The molecular weight excluding hydrogens is 397 g/mol. The van der Waals surface area contributed by atoms with E-state index in [1.165, 1.54) is 13.2 Å². The Morgan fingerprint density at radius 1 is 1.15 bits per heavy atom. The number of rotatable bonds is 4. The zero-order chi connectivity index (χ0) is 22.8. The maximum Gasteiger partial charge on any atom is 0.332 e. The van der Waals surface area contributed by atoms with Gasteiger partial charge < -0.3 is 14.6 Å². The van der Waals surface area contributed by atoms with Crippen molar-refractivity contribution in [2.75, 3.05) is 13.7 Å². The zero-order valence-corrected chi connectivity index (χ0v) is 17.2. The van der Waals surface area contributed by atoms with Crippen molar-refractivity contribution in [3.63, 3.8) is 0 Å². The second kappa shape index (κ2) is 31.0. The molecule has 0 aromatic heterocycles. The summed E-state index contributed by atoms with van der Waals surface area (Å²) in [5, 5.41) is 15.1. The predicted molar refractivity (Wildman–Crippen MR) is 108 cm³/mol. The first-order chi connectivity index (χ1) is 12.4. The van der Waals surface area contributed by atoms with Crippen LogP contribution in [0.15, 0.2) is 61.2 Å². The van der Waals surface area contributed by atoms with Crippen molar-refractivity contribution < 1.29 is 29.0 Å². The van der Waals surface area contributed by atoms with Crippen LogP contribution in [0.25, 0.3) is 0 Å².